The number of hydrogen-bond acceptors (Lipinski definition) is 11. The largest absolute Gasteiger partial charge is 0.497 e. The van der Waals surface area contributed by atoms with Crippen molar-refractivity contribution in [1.29, 1.82) is 0 Å². The second kappa shape index (κ2) is 18.2. The smallest absolute Gasteiger partial charge is 0.408 e. The summed E-state index contributed by atoms with van der Waals surface area (Å²) in [5, 5.41) is 6.28. The Labute approximate surface area is 374 Å². The number of alkyl carbamates (subject to hydrolysis) is 1. The molecule has 0 unspecified atom stereocenters. The van der Waals surface area contributed by atoms with Gasteiger partial charge in [-0.2, -0.15) is 0 Å². The van der Waals surface area contributed by atoms with Crippen molar-refractivity contribution in [2.75, 3.05) is 13.7 Å². The van der Waals surface area contributed by atoms with Crippen LogP contribution < -0.4 is 29.6 Å². The molecule has 7 rings (SSSR count). The first-order chi connectivity index (χ1) is 30.2. The lowest BCUT2D eigenvalue weighted by Crippen LogP contribution is -2.59. The SMILES string of the molecule is COc1ccc2c(O[C@@H]3C[C@H]4C(=O)N[C@]5(C(=O)NS(=O)(=O)C6CC6)C[C@H]5/C=C\CC[C@H](C)C[C@@H](C)[C@H](NC(=O)OC(C)(C)C)C(=O)N4C3)nc(-c3ccc(OC(C)C)c(F)c3)cc2c1. The molecule has 3 N–H and O–H groups in total. The Morgan fingerprint density at radius 1 is 1.03 bits per heavy atom. The van der Waals surface area contributed by atoms with Gasteiger partial charge in [0, 0.05) is 23.3 Å². The third kappa shape index (κ3) is 10.6. The molecule has 4 amide bonds. The Balaban J connectivity index is 1.26. The number of halogens is 1. The fourth-order valence-corrected chi connectivity index (χ4v) is 10.0. The average Bonchev–Trinajstić information content (AvgIpc) is 4.14. The van der Waals surface area contributed by atoms with Gasteiger partial charge >= 0.3 is 6.09 Å². The molecule has 15 nitrogen and oxygen atoms in total. The zero-order chi connectivity index (χ0) is 46.3. The zero-order valence-electron chi connectivity index (χ0n) is 37.7. The van der Waals surface area contributed by atoms with Crippen molar-refractivity contribution in [2.45, 2.75) is 134 Å². The number of sulfonamides is 1. The number of carbonyl (C=O) groups is 4. The summed E-state index contributed by atoms with van der Waals surface area (Å²) in [5.41, 5.74) is -1.63. The van der Waals surface area contributed by atoms with Crippen LogP contribution in [-0.2, 0) is 29.1 Å². The van der Waals surface area contributed by atoms with Gasteiger partial charge in [-0.3, -0.25) is 19.1 Å². The van der Waals surface area contributed by atoms with Crippen LogP contribution in [0.1, 0.15) is 93.4 Å². The van der Waals surface area contributed by atoms with Gasteiger partial charge in [0.1, 0.15) is 35.1 Å². The fourth-order valence-electron chi connectivity index (χ4n) is 8.67. The van der Waals surface area contributed by atoms with Crippen molar-refractivity contribution in [2.24, 2.45) is 17.8 Å². The molecule has 1 aromatic heterocycles. The number of rotatable bonds is 10. The first-order valence-electron chi connectivity index (χ1n) is 22.1. The molecule has 3 fully saturated rings. The Hall–Kier alpha value is -5.45. The quantitative estimate of drug-likeness (QED) is 0.187. The van der Waals surface area contributed by atoms with E-state index in [0.29, 0.717) is 53.5 Å². The number of hydrogen-bond donors (Lipinski definition) is 3. The topological polar surface area (TPSA) is 192 Å². The predicted octanol–water partition coefficient (Wildman–Crippen LogP) is 6.57. The number of benzene rings is 2. The highest BCUT2D eigenvalue weighted by molar-refractivity contribution is 7.91. The average molecular weight is 906 g/mol. The number of amides is 4. The van der Waals surface area contributed by atoms with E-state index in [4.69, 9.17) is 23.9 Å². The number of fused-ring (bicyclic) bond motifs is 3. The first kappa shape index (κ1) is 46.5. The van der Waals surface area contributed by atoms with E-state index in [9.17, 15) is 22.8 Å². The molecule has 2 aromatic carbocycles. The van der Waals surface area contributed by atoms with E-state index >= 15 is 9.18 Å². The van der Waals surface area contributed by atoms with Crippen LogP contribution in [0.25, 0.3) is 22.0 Å². The normalized spacial score (nSPS) is 27.0. The molecule has 0 bridgehead atoms. The highest BCUT2D eigenvalue weighted by atomic mass is 32.2. The van der Waals surface area contributed by atoms with Crippen LogP contribution in [-0.4, -0.2) is 96.5 Å². The van der Waals surface area contributed by atoms with Gasteiger partial charge in [-0.05, 0) is 133 Å². The Morgan fingerprint density at radius 2 is 1.78 bits per heavy atom. The number of nitrogens with one attached hydrogen (secondary N) is 3. The molecule has 2 saturated carbocycles. The van der Waals surface area contributed by atoms with Crippen LogP contribution in [0.5, 0.6) is 17.4 Å². The molecule has 0 spiro atoms. The van der Waals surface area contributed by atoms with Crippen molar-refractivity contribution in [3.63, 3.8) is 0 Å². The molecule has 2 aliphatic heterocycles. The molecule has 3 aromatic rings. The van der Waals surface area contributed by atoms with E-state index in [1.54, 1.807) is 65.0 Å². The minimum atomic E-state index is -3.95. The van der Waals surface area contributed by atoms with Crippen LogP contribution in [0.4, 0.5) is 9.18 Å². The van der Waals surface area contributed by atoms with Crippen LogP contribution >= 0.6 is 0 Å². The molecule has 2 aliphatic carbocycles. The lowest BCUT2D eigenvalue weighted by atomic mass is 9.88. The number of ether oxygens (including phenoxy) is 4. The lowest BCUT2D eigenvalue weighted by molar-refractivity contribution is -0.142. The summed E-state index contributed by atoms with van der Waals surface area (Å²) in [6.07, 6.45) is 4.83. The Bertz CT molecular complexity index is 2440. The second-order valence-electron chi connectivity index (χ2n) is 19.1. The predicted molar refractivity (Wildman–Crippen MR) is 238 cm³/mol. The number of methoxy groups -OCH3 is 1. The maximum Gasteiger partial charge on any atom is 0.408 e. The minimum Gasteiger partial charge on any atom is -0.497 e. The zero-order valence-corrected chi connectivity index (χ0v) is 38.6. The van der Waals surface area contributed by atoms with Gasteiger partial charge in [0.2, 0.25) is 27.7 Å². The van der Waals surface area contributed by atoms with Gasteiger partial charge in [-0.1, -0.05) is 26.0 Å². The standard InChI is InChI=1S/C47H60FN5O10S/c1-26(2)61-39-18-13-29(21-36(39)48)37-22-30-20-32(60-8)14-17-35(30)42(49-37)62-33-23-38-41(54)51-47(44(56)52-64(58,59)34-15-16-34)24-31(47)12-10-9-11-27(3)19-28(4)40(43(55)53(38)25-33)50-45(57)63-46(5,6)7/h10,12-14,17-18,20-22,26-28,31,33-34,38,40H,9,11,15-16,19,23-25H2,1-8H3,(H,50,57)(H,51,54)(H,52,56)/b12-10-/t27-,28+,31+,33+,38-,40-,47+/m0/s1. The van der Waals surface area contributed by atoms with E-state index in [0.717, 1.165) is 6.42 Å². The monoisotopic (exact) mass is 905 g/mol. The van der Waals surface area contributed by atoms with Crippen molar-refractivity contribution in [3.8, 4) is 28.6 Å². The maximum absolute atomic E-state index is 15.3. The van der Waals surface area contributed by atoms with Crippen molar-refractivity contribution >= 4 is 44.6 Å². The van der Waals surface area contributed by atoms with Crippen molar-refractivity contribution in [3.05, 3.63) is 60.4 Å². The van der Waals surface area contributed by atoms with E-state index in [1.165, 1.54) is 24.1 Å². The Kier molecular flexibility index (Phi) is 13.2. The molecule has 17 heteroatoms. The molecule has 3 heterocycles. The first-order valence-corrected chi connectivity index (χ1v) is 23.7. The van der Waals surface area contributed by atoms with Gasteiger partial charge in [0.05, 0.1) is 30.7 Å². The summed E-state index contributed by atoms with van der Waals surface area (Å²) in [4.78, 5) is 63.3. The van der Waals surface area contributed by atoms with E-state index in [1.807, 2.05) is 19.1 Å². The fraction of sp³-hybridized carbons (Fsp3) is 0.553. The summed E-state index contributed by atoms with van der Waals surface area (Å²) in [5.74, 6) is -2.62. The number of carbonyl (C=O) groups excluding carboxylic acids is 4. The van der Waals surface area contributed by atoms with Gasteiger partial charge in [0.15, 0.2) is 11.6 Å². The van der Waals surface area contributed by atoms with Crippen LogP contribution in [0.2, 0.25) is 0 Å². The Morgan fingerprint density at radius 3 is 2.45 bits per heavy atom. The lowest BCUT2D eigenvalue weighted by Gasteiger charge is -2.33. The molecule has 7 atom stereocenters. The number of allylic oxidation sites excluding steroid dienone is 1. The van der Waals surface area contributed by atoms with E-state index < -0.39 is 86.1 Å². The summed E-state index contributed by atoms with van der Waals surface area (Å²) in [6, 6.07) is 9.30. The second-order valence-corrected chi connectivity index (χ2v) is 21.0. The highest BCUT2D eigenvalue weighted by Crippen LogP contribution is 2.46. The van der Waals surface area contributed by atoms with Crippen molar-refractivity contribution < 1.29 is 50.9 Å². The number of aromatic nitrogens is 1. The van der Waals surface area contributed by atoms with Gasteiger partial charge in [-0.15, -0.1) is 0 Å². The molecular weight excluding hydrogens is 846 g/mol. The number of pyridine rings is 1. The minimum absolute atomic E-state index is 0.0560. The van der Waals surface area contributed by atoms with Gasteiger partial charge in [-0.25, -0.2) is 22.6 Å². The van der Waals surface area contributed by atoms with E-state index in [2.05, 4.69) is 22.3 Å². The summed E-state index contributed by atoms with van der Waals surface area (Å²) < 4.78 is 67.0. The summed E-state index contributed by atoms with van der Waals surface area (Å²) in [6.45, 7) is 12.6. The third-order valence-electron chi connectivity index (χ3n) is 12.2. The third-order valence-corrected chi connectivity index (χ3v) is 14.0. The van der Waals surface area contributed by atoms with E-state index in [-0.39, 0.29) is 43.0 Å². The molecule has 1 saturated heterocycles. The highest BCUT2D eigenvalue weighted by Gasteiger charge is 2.62. The van der Waals surface area contributed by atoms with Crippen molar-refractivity contribution in [1.82, 2.24) is 25.2 Å². The molecule has 4 aliphatic rings. The van der Waals surface area contributed by atoms with Crippen LogP contribution in [0.15, 0.2) is 54.6 Å². The summed E-state index contributed by atoms with van der Waals surface area (Å²) >= 11 is 0. The van der Waals surface area contributed by atoms with Crippen LogP contribution in [0, 0.1) is 23.6 Å². The summed E-state index contributed by atoms with van der Waals surface area (Å²) in [7, 11) is -2.42. The molecule has 0 radical (unpaired) electrons. The molecular formula is C47H60FN5O10S. The number of nitrogens with zero attached hydrogens (tertiary/aromatic N) is 2. The van der Waals surface area contributed by atoms with Crippen LogP contribution in [0.3, 0.4) is 0 Å². The van der Waals surface area contributed by atoms with Gasteiger partial charge in [0.25, 0.3) is 5.91 Å². The molecule has 64 heavy (non-hydrogen) atoms. The molecule has 346 valence electrons. The maximum atomic E-state index is 15.3. The van der Waals surface area contributed by atoms with Gasteiger partial charge < -0.3 is 34.5 Å².